The maximum Gasteiger partial charge on any atom is 0.432 e. The van der Waals surface area contributed by atoms with Crippen molar-refractivity contribution in [2.75, 3.05) is 26.7 Å². The summed E-state index contributed by atoms with van der Waals surface area (Å²) in [6.07, 6.45) is 0.342. The molecule has 0 aromatic carbocycles. The van der Waals surface area contributed by atoms with Crippen molar-refractivity contribution < 1.29 is 14.7 Å². The van der Waals surface area contributed by atoms with Crippen molar-refractivity contribution in [3.8, 4) is 0 Å². The summed E-state index contributed by atoms with van der Waals surface area (Å²) in [4.78, 5) is 32.6. The van der Waals surface area contributed by atoms with E-state index in [2.05, 4.69) is 9.97 Å². The van der Waals surface area contributed by atoms with Crippen molar-refractivity contribution in [1.82, 2.24) is 19.4 Å². The largest absolute Gasteiger partial charge is 0.432 e. The molecule has 3 amide bonds. The van der Waals surface area contributed by atoms with Crippen LogP contribution in [0.15, 0.2) is 0 Å². The summed E-state index contributed by atoms with van der Waals surface area (Å²) < 4.78 is -0.0910. The second-order valence-corrected chi connectivity index (χ2v) is 4.91. The van der Waals surface area contributed by atoms with Crippen molar-refractivity contribution in [1.29, 1.82) is 0 Å². The van der Waals surface area contributed by atoms with Gasteiger partial charge in [-0.1, -0.05) is 0 Å². The molecule has 104 valence electrons. The van der Waals surface area contributed by atoms with Gasteiger partial charge in [0.2, 0.25) is 16.8 Å². The molecular weight excluding hydrogens is 272 g/mol. The fraction of sp³-hybridized carbons (Fsp3) is 0.545. The molecule has 1 aromatic rings. The number of nitrogens with one attached hydrogen (secondary N) is 1. The third kappa shape index (κ3) is 2.03. The average molecular weight is 288 g/mol. The Balaban J connectivity index is 2.50. The molecule has 0 radical (unpaired) electrons. The number of urea groups is 1. The minimum absolute atomic E-state index is 0.0823. The summed E-state index contributed by atoms with van der Waals surface area (Å²) in [5, 5.41) is 8.95. The smallest absolute Gasteiger partial charge is 0.396 e. The molecule has 2 N–H and O–H groups in total. The standard InChI is InChI=1S/C11H15ClN4O3/c1-3-16(2)8-7(13-10(12)14-8)9(18)15(11(16)19)5-4-6-17/h17H,3-6H2,1-2H3/p+1. The number of fused-ring (bicyclic) bond motifs is 1. The SMILES string of the molecule is CC[N+]1(C)C(=O)N(CCCO)C(=O)c2nc(Cl)[nH]c21. The molecule has 7 nitrogen and oxygen atoms in total. The van der Waals surface area contributed by atoms with Gasteiger partial charge >= 0.3 is 6.03 Å². The number of carbonyl (C=O) groups is 2. The van der Waals surface area contributed by atoms with E-state index in [4.69, 9.17) is 16.7 Å². The summed E-state index contributed by atoms with van der Waals surface area (Å²) in [6, 6.07) is -0.339. The van der Waals surface area contributed by atoms with Crippen LogP contribution in [0.2, 0.25) is 5.28 Å². The average Bonchev–Trinajstić information content (AvgIpc) is 2.79. The van der Waals surface area contributed by atoms with Crippen molar-refractivity contribution >= 4 is 29.4 Å². The molecule has 0 saturated heterocycles. The van der Waals surface area contributed by atoms with Crippen LogP contribution in [0.3, 0.4) is 0 Å². The molecular formula is C11H16ClN4O3+. The van der Waals surface area contributed by atoms with Gasteiger partial charge in [-0.2, -0.15) is 4.48 Å². The first-order valence-electron chi connectivity index (χ1n) is 6.04. The van der Waals surface area contributed by atoms with Gasteiger partial charge in [-0.15, -0.1) is 0 Å². The number of carbonyl (C=O) groups excluding carboxylic acids is 2. The minimum atomic E-state index is -0.472. The number of nitrogens with zero attached hydrogens (tertiary/aromatic N) is 3. The molecule has 0 aliphatic carbocycles. The Kier molecular flexibility index (Phi) is 3.62. The van der Waals surface area contributed by atoms with E-state index in [9.17, 15) is 9.59 Å². The zero-order valence-electron chi connectivity index (χ0n) is 10.8. The molecule has 2 rings (SSSR count). The Bertz CT molecular complexity index is 530. The van der Waals surface area contributed by atoms with E-state index < -0.39 is 5.91 Å². The van der Waals surface area contributed by atoms with Gasteiger partial charge in [-0.3, -0.25) is 9.78 Å². The van der Waals surface area contributed by atoms with Crippen LogP contribution in [0.4, 0.5) is 10.6 Å². The molecule has 8 heteroatoms. The van der Waals surface area contributed by atoms with Crippen LogP contribution in [0.1, 0.15) is 23.8 Å². The molecule has 19 heavy (non-hydrogen) atoms. The third-order valence-electron chi connectivity index (χ3n) is 3.42. The molecule has 1 atom stereocenters. The normalized spacial score (nSPS) is 22.8. The van der Waals surface area contributed by atoms with Gasteiger partial charge < -0.3 is 5.11 Å². The number of aliphatic hydroxyl groups is 1. The predicted octanol–water partition coefficient (Wildman–Crippen LogP) is 0.978. The van der Waals surface area contributed by atoms with Gasteiger partial charge in [0.25, 0.3) is 5.91 Å². The molecule has 1 unspecified atom stereocenters. The number of aromatic nitrogens is 2. The van der Waals surface area contributed by atoms with E-state index >= 15 is 0 Å². The zero-order valence-corrected chi connectivity index (χ0v) is 11.6. The van der Waals surface area contributed by atoms with Crippen LogP contribution in [-0.4, -0.2) is 58.7 Å². The molecule has 1 aliphatic rings. The van der Waals surface area contributed by atoms with Crippen molar-refractivity contribution in [2.24, 2.45) is 0 Å². The van der Waals surface area contributed by atoms with Gasteiger partial charge in [0.1, 0.15) is 0 Å². The first-order valence-corrected chi connectivity index (χ1v) is 6.42. The van der Waals surface area contributed by atoms with E-state index in [0.717, 1.165) is 4.90 Å². The Morgan fingerprint density at radius 3 is 2.74 bits per heavy atom. The summed E-state index contributed by atoms with van der Waals surface area (Å²) in [6.45, 7) is 2.40. The number of quaternary nitrogens is 1. The highest BCUT2D eigenvalue weighted by molar-refractivity contribution is 6.29. The van der Waals surface area contributed by atoms with Crippen molar-refractivity contribution in [2.45, 2.75) is 13.3 Å². The molecule has 0 saturated carbocycles. The number of H-pyrrole nitrogens is 1. The number of hydrogen-bond acceptors (Lipinski definition) is 4. The lowest BCUT2D eigenvalue weighted by atomic mass is 10.2. The first kappa shape index (κ1) is 14.0. The summed E-state index contributed by atoms with van der Waals surface area (Å²) in [5.74, 6) is -0.0524. The number of halogens is 1. The van der Waals surface area contributed by atoms with E-state index in [-0.39, 0.29) is 34.6 Å². The molecule has 0 spiro atoms. The number of imide groups is 1. The summed E-state index contributed by atoms with van der Waals surface area (Å²) in [7, 11) is 1.70. The topological polar surface area (TPSA) is 86.3 Å². The maximum atomic E-state index is 12.5. The van der Waals surface area contributed by atoms with E-state index in [1.807, 2.05) is 6.92 Å². The quantitative estimate of drug-likeness (QED) is 0.808. The maximum absolute atomic E-state index is 12.5. The minimum Gasteiger partial charge on any atom is -0.396 e. The number of amides is 3. The number of hydrogen-bond donors (Lipinski definition) is 2. The monoisotopic (exact) mass is 287 g/mol. The lowest BCUT2D eigenvalue weighted by molar-refractivity contribution is 0.0727. The van der Waals surface area contributed by atoms with Crippen molar-refractivity contribution in [3.05, 3.63) is 11.0 Å². The van der Waals surface area contributed by atoms with E-state index in [1.165, 1.54) is 0 Å². The number of aliphatic hydroxyl groups excluding tert-OH is 1. The second kappa shape index (κ2) is 4.92. The molecule has 0 bridgehead atoms. The van der Waals surface area contributed by atoms with Crippen LogP contribution in [0.5, 0.6) is 0 Å². The molecule has 1 aliphatic heterocycles. The fourth-order valence-corrected chi connectivity index (χ4v) is 2.31. The highest BCUT2D eigenvalue weighted by Gasteiger charge is 2.50. The van der Waals surface area contributed by atoms with Gasteiger partial charge in [-0.25, -0.2) is 14.7 Å². The predicted molar refractivity (Wildman–Crippen MR) is 70.0 cm³/mol. The lowest BCUT2D eigenvalue weighted by Crippen LogP contribution is -2.62. The Hall–Kier alpha value is -1.44. The highest BCUT2D eigenvalue weighted by atomic mass is 35.5. The van der Waals surface area contributed by atoms with Crippen LogP contribution in [-0.2, 0) is 0 Å². The third-order valence-corrected chi connectivity index (χ3v) is 3.60. The summed E-state index contributed by atoms with van der Waals surface area (Å²) >= 11 is 5.80. The van der Waals surface area contributed by atoms with Gasteiger partial charge in [0.05, 0.1) is 13.6 Å². The zero-order chi connectivity index (χ0) is 14.2. The van der Waals surface area contributed by atoms with E-state index in [0.29, 0.717) is 18.8 Å². The molecule has 1 aromatic heterocycles. The van der Waals surface area contributed by atoms with Gasteiger partial charge in [0.15, 0.2) is 0 Å². The van der Waals surface area contributed by atoms with Gasteiger partial charge in [0, 0.05) is 13.2 Å². The van der Waals surface area contributed by atoms with Crippen LogP contribution in [0, 0.1) is 0 Å². The van der Waals surface area contributed by atoms with Crippen LogP contribution >= 0.6 is 11.6 Å². The highest BCUT2D eigenvalue weighted by Crippen LogP contribution is 2.32. The Morgan fingerprint density at radius 2 is 2.16 bits per heavy atom. The first-order chi connectivity index (χ1) is 8.95. The van der Waals surface area contributed by atoms with Crippen LogP contribution < -0.4 is 4.48 Å². The summed E-state index contributed by atoms with van der Waals surface area (Å²) in [5.41, 5.74) is 0.173. The Morgan fingerprint density at radius 1 is 1.47 bits per heavy atom. The molecule has 0 fully saturated rings. The number of rotatable bonds is 4. The number of aromatic amines is 1. The van der Waals surface area contributed by atoms with Crippen LogP contribution in [0.25, 0.3) is 0 Å². The van der Waals surface area contributed by atoms with E-state index in [1.54, 1.807) is 7.05 Å². The van der Waals surface area contributed by atoms with Gasteiger partial charge in [-0.05, 0) is 24.9 Å². The molecule has 2 heterocycles. The lowest BCUT2D eigenvalue weighted by Gasteiger charge is -2.36. The second-order valence-electron chi connectivity index (χ2n) is 4.55. The van der Waals surface area contributed by atoms with Crippen molar-refractivity contribution in [3.63, 3.8) is 0 Å². The Labute approximate surface area is 115 Å². The number of imidazole rings is 1. The fourth-order valence-electron chi connectivity index (χ4n) is 2.14.